The molecule has 0 radical (unpaired) electrons. The van der Waals surface area contributed by atoms with Crippen molar-refractivity contribution in [3.63, 3.8) is 0 Å². The summed E-state index contributed by atoms with van der Waals surface area (Å²) in [5.41, 5.74) is 2.72. The minimum Gasteiger partial charge on any atom is -0.353 e. The van der Waals surface area contributed by atoms with Gasteiger partial charge in [-0.3, -0.25) is 9.89 Å². The number of hydrogen-bond donors (Lipinski definition) is 2. The van der Waals surface area contributed by atoms with E-state index >= 15 is 0 Å². The first kappa shape index (κ1) is 19.6. The van der Waals surface area contributed by atoms with E-state index in [2.05, 4.69) is 36.3 Å². The number of carbonyl (C=O) groups is 1. The maximum absolute atomic E-state index is 13.1. The average Bonchev–Trinajstić information content (AvgIpc) is 3.21. The topological polar surface area (TPSA) is 61.0 Å². The van der Waals surface area contributed by atoms with Crippen molar-refractivity contribution in [2.24, 2.45) is 0 Å². The Morgan fingerprint density at radius 2 is 2.03 bits per heavy atom. The van der Waals surface area contributed by atoms with Crippen molar-refractivity contribution in [1.29, 1.82) is 0 Å². The van der Waals surface area contributed by atoms with Gasteiger partial charge in [0, 0.05) is 29.7 Å². The van der Waals surface area contributed by atoms with Crippen LogP contribution in [-0.2, 0) is 11.2 Å². The highest BCUT2D eigenvalue weighted by Gasteiger charge is 2.23. The maximum atomic E-state index is 13.1. The molecular formula is C22H22BrFN4O. The van der Waals surface area contributed by atoms with Crippen LogP contribution in [-0.4, -0.2) is 35.2 Å². The second-order valence-electron chi connectivity index (χ2n) is 7.27. The van der Waals surface area contributed by atoms with Crippen molar-refractivity contribution in [2.45, 2.75) is 25.3 Å². The summed E-state index contributed by atoms with van der Waals surface area (Å²) in [6.45, 7) is 1.61. The van der Waals surface area contributed by atoms with E-state index in [1.54, 1.807) is 12.1 Å². The Labute approximate surface area is 177 Å². The summed E-state index contributed by atoms with van der Waals surface area (Å²) >= 11 is 3.49. The smallest absolute Gasteiger partial charge is 0.224 e. The molecule has 1 amide bonds. The average molecular weight is 457 g/mol. The third kappa shape index (κ3) is 4.85. The van der Waals surface area contributed by atoms with E-state index in [0.29, 0.717) is 6.42 Å². The molecule has 0 spiro atoms. The predicted octanol–water partition coefficient (Wildman–Crippen LogP) is 4.31. The highest BCUT2D eigenvalue weighted by atomic mass is 79.9. The number of aromatic amines is 1. The van der Waals surface area contributed by atoms with Gasteiger partial charge in [-0.1, -0.05) is 34.1 Å². The highest BCUT2D eigenvalue weighted by Crippen LogP contribution is 2.24. The van der Waals surface area contributed by atoms with Crippen LogP contribution in [0.1, 0.15) is 18.4 Å². The van der Waals surface area contributed by atoms with Crippen molar-refractivity contribution in [1.82, 2.24) is 15.5 Å². The molecule has 3 aromatic rings. The zero-order valence-electron chi connectivity index (χ0n) is 15.9. The van der Waals surface area contributed by atoms with Crippen LogP contribution in [0.15, 0.2) is 59.1 Å². The largest absolute Gasteiger partial charge is 0.353 e. The van der Waals surface area contributed by atoms with Gasteiger partial charge in [0.2, 0.25) is 5.91 Å². The monoisotopic (exact) mass is 456 g/mol. The molecule has 0 bridgehead atoms. The molecule has 2 N–H and O–H groups in total. The Kier molecular flexibility index (Phi) is 5.94. The van der Waals surface area contributed by atoms with Gasteiger partial charge in [-0.05, 0) is 54.3 Å². The first-order valence-corrected chi connectivity index (χ1v) is 10.5. The lowest BCUT2D eigenvalue weighted by molar-refractivity contribution is -0.121. The van der Waals surface area contributed by atoms with E-state index < -0.39 is 0 Å². The first-order valence-electron chi connectivity index (χ1n) is 9.67. The van der Waals surface area contributed by atoms with E-state index in [4.69, 9.17) is 0 Å². The van der Waals surface area contributed by atoms with Crippen LogP contribution in [0.4, 0.5) is 10.2 Å². The molecular weight excluding hydrogens is 435 g/mol. The van der Waals surface area contributed by atoms with Gasteiger partial charge in [-0.25, -0.2) is 4.39 Å². The minimum atomic E-state index is -0.259. The molecule has 0 aliphatic carbocycles. The summed E-state index contributed by atoms with van der Waals surface area (Å²) < 4.78 is 14.1. The fraction of sp³-hybridized carbons (Fsp3) is 0.273. The molecule has 1 atom stereocenters. The number of rotatable bonds is 5. The quantitative estimate of drug-likeness (QED) is 0.601. The number of carbonyl (C=O) groups excluding carboxylic acids is 1. The first-order chi connectivity index (χ1) is 14.1. The van der Waals surface area contributed by atoms with Crippen molar-refractivity contribution in [3.05, 3.63) is 70.5 Å². The third-order valence-electron chi connectivity index (χ3n) is 5.14. The molecule has 150 valence electrons. The number of nitrogens with zero attached hydrogens (tertiary/aromatic N) is 2. The van der Waals surface area contributed by atoms with Crippen LogP contribution in [0.2, 0.25) is 0 Å². The molecule has 1 fully saturated rings. The number of amides is 1. The van der Waals surface area contributed by atoms with E-state index in [9.17, 15) is 9.18 Å². The molecule has 29 heavy (non-hydrogen) atoms. The molecule has 4 rings (SSSR count). The Morgan fingerprint density at radius 1 is 1.24 bits per heavy atom. The lowest BCUT2D eigenvalue weighted by Gasteiger charge is -2.33. The highest BCUT2D eigenvalue weighted by molar-refractivity contribution is 9.10. The number of aromatic nitrogens is 2. The number of piperidine rings is 1. The Bertz CT molecular complexity index is 988. The maximum Gasteiger partial charge on any atom is 0.224 e. The summed E-state index contributed by atoms with van der Waals surface area (Å²) in [4.78, 5) is 14.7. The molecule has 0 unspecified atom stereocenters. The number of nitrogens with one attached hydrogen (secondary N) is 2. The van der Waals surface area contributed by atoms with Gasteiger partial charge >= 0.3 is 0 Å². The number of hydrogen-bond acceptors (Lipinski definition) is 3. The van der Waals surface area contributed by atoms with Gasteiger partial charge in [0.15, 0.2) is 5.82 Å². The second kappa shape index (κ2) is 8.78. The van der Waals surface area contributed by atoms with Crippen LogP contribution in [0.25, 0.3) is 11.3 Å². The van der Waals surface area contributed by atoms with Crippen LogP contribution in [0.5, 0.6) is 0 Å². The van der Waals surface area contributed by atoms with E-state index in [-0.39, 0.29) is 17.8 Å². The van der Waals surface area contributed by atoms with Gasteiger partial charge in [0.25, 0.3) is 0 Å². The van der Waals surface area contributed by atoms with Crippen LogP contribution in [0, 0.1) is 5.82 Å². The molecule has 7 heteroatoms. The molecule has 1 aliphatic heterocycles. The predicted molar refractivity (Wildman–Crippen MR) is 115 cm³/mol. The van der Waals surface area contributed by atoms with E-state index in [1.807, 2.05) is 30.3 Å². The molecule has 2 heterocycles. The molecule has 2 aromatic carbocycles. The van der Waals surface area contributed by atoms with Gasteiger partial charge in [0.1, 0.15) is 5.82 Å². The Balaban J connectivity index is 1.38. The lowest BCUT2D eigenvalue weighted by atomic mass is 10.0. The van der Waals surface area contributed by atoms with Crippen molar-refractivity contribution in [2.75, 3.05) is 18.0 Å². The van der Waals surface area contributed by atoms with Gasteiger partial charge in [0.05, 0.1) is 12.1 Å². The number of anilines is 1. The van der Waals surface area contributed by atoms with Crippen LogP contribution in [0.3, 0.4) is 0 Å². The van der Waals surface area contributed by atoms with Crippen LogP contribution >= 0.6 is 15.9 Å². The van der Waals surface area contributed by atoms with Crippen molar-refractivity contribution < 1.29 is 9.18 Å². The Hall–Kier alpha value is -2.67. The molecule has 1 aliphatic rings. The Morgan fingerprint density at radius 3 is 2.83 bits per heavy atom. The van der Waals surface area contributed by atoms with E-state index in [0.717, 1.165) is 53.0 Å². The number of H-pyrrole nitrogens is 1. The molecule has 5 nitrogen and oxygen atoms in total. The minimum absolute atomic E-state index is 0.0257. The lowest BCUT2D eigenvalue weighted by Crippen LogP contribution is -2.48. The molecule has 1 aromatic heterocycles. The third-order valence-corrected chi connectivity index (χ3v) is 5.91. The summed E-state index contributed by atoms with van der Waals surface area (Å²) in [7, 11) is 0. The molecule has 1 saturated heterocycles. The number of halogens is 2. The summed E-state index contributed by atoms with van der Waals surface area (Å²) in [6, 6.07) is 16.2. The number of benzene rings is 2. The van der Waals surface area contributed by atoms with Crippen molar-refractivity contribution >= 4 is 27.7 Å². The summed E-state index contributed by atoms with van der Waals surface area (Å²) in [5.74, 6) is 0.609. The van der Waals surface area contributed by atoms with Crippen molar-refractivity contribution in [3.8, 4) is 11.3 Å². The standard InChI is InChI=1S/C22H22BrFN4O/c23-19-6-2-1-4-16(19)12-22(29)25-18-5-3-11-28(14-18)21-13-20(26-27-21)15-7-9-17(24)10-8-15/h1-2,4,6-10,13,18H,3,5,11-12,14H2,(H,25,29)(H,26,27)/t18-/m1/s1. The van der Waals surface area contributed by atoms with Gasteiger partial charge < -0.3 is 10.2 Å². The SMILES string of the molecule is O=C(Cc1ccccc1Br)N[C@@H]1CCCN(c2cc(-c3ccc(F)cc3)[nH]n2)C1. The van der Waals surface area contributed by atoms with Crippen LogP contribution < -0.4 is 10.2 Å². The fourth-order valence-electron chi connectivity index (χ4n) is 3.65. The normalized spacial score (nSPS) is 16.6. The zero-order valence-corrected chi connectivity index (χ0v) is 17.5. The summed E-state index contributed by atoms with van der Waals surface area (Å²) in [6.07, 6.45) is 2.29. The molecule has 0 saturated carbocycles. The van der Waals surface area contributed by atoms with E-state index in [1.165, 1.54) is 12.1 Å². The van der Waals surface area contributed by atoms with Gasteiger partial charge in [-0.15, -0.1) is 0 Å². The summed E-state index contributed by atoms with van der Waals surface area (Å²) in [5, 5.41) is 10.6. The zero-order chi connectivity index (χ0) is 20.2. The van der Waals surface area contributed by atoms with Gasteiger partial charge in [-0.2, -0.15) is 5.10 Å². The second-order valence-corrected chi connectivity index (χ2v) is 8.12. The fourth-order valence-corrected chi connectivity index (χ4v) is 4.07.